The molecular weight excluding hydrogens is 242 g/mol. The summed E-state index contributed by atoms with van der Waals surface area (Å²) in [6.45, 7) is -1.14. The first-order chi connectivity index (χ1) is 7.93. The minimum Gasteiger partial charge on any atom is -0.296 e. The Balaban J connectivity index is 2.59. The monoisotopic (exact) mass is 247 g/mol. The van der Waals surface area contributed by atoms with Gasteiger partial charge >= 0.3 is 0 Å². The highest BCUT2D eigenvalue weighted by Gasteiger charge is 2.41. The Morgan fingerprint density at radius 1 is 1.12 bits per heavy atom. The second-order valence-electron chi connectivity index (χ2n) is 3.39. The van der Waals surface area contributed by atoms with Crippen molar-refractivity contribution in [3.8, 4) is 0 Å². The normalized spacial score (nSPS) is 14.8. The Bertz CT molecular complexity index is 515. The predicted molar refractivity (Wildman–Crippen MR) is 49.0 cm³/mol. The summed E-state index contributed by atoms with van der Waals surface area (Å²) in [6.07, 6.45) is -2.94. The summed E-state index contributed by atoms with van der Waals surface area (Å²) in [7, 11) is 0. The first kappa shape index (κ1) is 11.6. The number of hydrogen-bond donors (Lipinski definition) is 0. The number of Topliss-reactive ketones (excluding diaryl/α,β-unsaturated/α-hetero) is 1. The zero-order valence-electron chi connectivity index (χ0n) is 8.21. The Morgan fingerprint density at radius 2 is 1.71 bits per heavy atom. The van der Waals surface area contributed by atoms with Gasteiger partial charge in [0.05, 0.1) is 17.8 Å². The second kappa shape index (κ2) is 3.83. The van der Waals surface area contributed by atoms with Crippen molar-refractivity contribution in [2.45, 2.75) is 6.43 Å². The molecule has 1 aromatic carbocycles. The summed E-state index contributed by atoms with van der Waals surface area (Å²) in [5.74, 6) is -4.83. The number of benzene rings is 1. The minimum absolute atomic E-state index is 0.265. The molecule has 0 bridgehead atoms. The molecule has 0 saturated carbocycles. The maximum atomic E-state index is 13.4. The van der Waals surface area contributed by atoms with Crippen LogP contribution in [0.2, 0.25) is 0 Å². The lowest BCUT2D eigenvalue weighted by Crippen LogP contribution is -2.34. The molecule has 1 heterocycles. The largest absolute Gasteiger partial charge is 0.299 e. The SMILES string of the molecule is O=C1C(=O)N(CC(F)F)c2c(F)ccc(F)c21. The molecule has 0 spiro atoms. The van der Waals surface area contributed by atoms with Gasteiger partial charge in [-0.3, -0.25) is 14.5 Å². The highest BCUT2D eigenvalue weighted by molar-refractivity contribution is 6.52. The van der Waals surface area contributed by atoms with Crippen molar-refractivity contribution in [2.24, 2.45) is 0 Å². The molecule has 17 heavy (non-hydrogen) atoms. The maximum Gasteiger partial charge on any atom is 0.299 e. The van der Waals surface area contributed by atoms with Gasteiger partial charge in [0.25, 0.3) is 18.1 Å². The smallest absolute Gasteiger partial charge is 0.296 e. The highest BCUT2D eigenvalue weighted by Crippen LogP contribution is 2.33. The lowest BCUT2D eigenvalue weighted by molar-refractivity contribution is -0.114. The molecule has 0 atom stereocenters. The first-order valence-corrected chi connectivity index (χ1v) is 4.56. The molecule has 3 nitrogen and oxygen atoms in total. The van der Waals surface area contributed by atoms with Crippen molar-refractivity contribution in [3.63, 3.8) is 0 Å². The molecule has 1 aliphatic heterocycles. The van der Waals surface area contributed by atoms with Crippen LogP contribution in [0.25, 0.3) is 0 Å². The first-order valence-electron chi connectivity index (χ1n) is 4.56. The van der Waals surface area contributed by atoms with Crippen molar-refractivity contribution in [1.29, 1.82) is 0 Å². The molecule has 0 unspecified atom stereocenters. The summed E-state index contributed by atoms with van der Waals surface area (Å²) in [4.78, 5) is 22.9. The Kier molecular flexibility index (Phi) is 2.60. The Labute approximate surface area is 92.6 Å². The van der Waals surface area contributed by atoms with Gasteiger partial charge in [0.1, 0.15) is 11.6 Å². The van der Waals surface area contributed by atoms with E-state index in [0.717, 1.165) is 0 Å². The van der Waals surface area contributed by atoms with Crippen molar-refractivity contribution in [3.05, 3.63) is 29.3 Å². The molecule has 90 valence electrons. The number of carbonyl (C=O) groups is 2. The van der Waals surface area contributed by atoms with Crippen LogP contribution in [0.4, 0.5) is 23.2 Å². The number of halogens is 4. The molecule has 0 fully saturated rings. The third-order valence-electron chi connectivity index (χ3n) is 2.33. The van der Waals surface area contributed by atoms with E-state index in [1.807, 2.05) is 0 Å². The number of nitrogens with zero attached hydrogens (tertiary/aromatic N) is 1. The third kappa shape index (κ3) is 1.67. The van der Waals surface area contributed by atoms with Crippen LogP contribution in [0.3, 0.4) is 0 Å². The van der Waals surface area contributed by atoms with E-state index in [9.17, 15) is 27.2 Å². The average Bonchev–Trinajstić information content (AvgIpc) is 2.49. The van der Waals surface area contributed by atoms with Gasteiger partial charge in [-0.1, -0.05) is 0 Å². The zero-order chi connectivity index (χ0) is 12.7. The number of hydrogen-bond acceptors (Lipinski definition) is 2. The zero-order valence-corrected chi connectivity index (χ0v) is 8.21. The third-order valence-corrected chi connectivity index (χ3v) is 2.33. The quantitative estimate of drug-likeness (QED) is 0.590. The molecule has 1 aliphatic rings. The van der Waals surface area contributed by atoms with E-state index in [4.69, 9.17) is 0 Å². The molecular formula is C10H5F4NO2. The van der Waals surface area contributed by atoms with Gasteiger partial charge in [-0.2, -0.15) is 0 Å². The number of alkyl halides is 2. The van der Waals surface area contributed by atoms with Gasteiger partial charge < -0.3 is 0 Å². The van der Waals surface area contributed by atoms with E-state index in [1.54, 1.807) is 0 Å². The minimum atomic E-state index is -2.94. The van der Waals surface area contributed by atoms with Crippen LogP contribution in [0.15, 0.2) is 12.1 Å². The summed E-state index contributed by atoms with van der Waals surface area (Å²) >= 11 is 0. The second-order valence-corrected chi connectivity index (χ2v) is 3.39. The van der Waals surface area contributed by atoms with E-state index in [2.05, 4.69) is 0 Å². The number of anilines is 1. The fraction of sp³-hybridized carbons (Fsp3) is 0.200. The van der Waals surface area contributed by atoms with Gasteiger partial charge in [0.2, 0.25) is 0 Å². The van der Waals surface area contributed by atoms with E-state index in [0.29, 0.717) is 12.1 Å². The standard InChI is InChI=1S/C10H5F4NO2/c11-4-1-2-5(12)8-7(4)9(16)10(17)15(8)3-6(13)14/h1-2,6H,3H2. The van der Waals surface area contributed by atoms with Gasteiger partial charge in [-0.25, -0.2) is 17.6 Å². The molecule has 1 amide bonds. The van der Waals surface area contributed by atoms with E-state index >= 15 is 0 Å². The molecule has 0 aromatic heterocycles. The summed E-state index contributed by atoms with van der Waals surface area (Å²) in [5, 5.41) is 0. The fourth-order valence-corrected chi connectivity index (χ4v) is 1.66. The molecule has 7 heteroatoms. The van der Waals surface area contributed by atoms with Gasteiger partial charge in [-0.15, -0.1) is 0 Å². The van der Waals surface area contributed by atoms with Gasteiger partial charge in [0, 0.05) is 0 Å². The van der Waals surface area contributed by atoms with E-state index < -0.39 is 47.5 Å². The van der Waals surface area contributed by atoms with Crippen LogP contribution < -0.4 is 4.90 Å². The lowest BCUT2D eigenvalue weighted by Gasteiger charge is -2.15. The number of ketones is 1. The molecule has 0 radical (unpaired) electrons. The van der Waals surface area contributed by atoms with Gasteiger partial charge in [0.15, 0.2) is 0 Å². The van der Waals surface area contributed by atoms with Crippen molar-refractivity contribution in [2.75, 3.05) is 11.4 Å². The molecule has 2 rings (SSSR count). The lowest BCUT2D eigenvalue weighted by atomic mass is 10.1. The molecule has 0 saturated heterocycles. The van der Waals surface area contributed by atoms with Crippen molar-refractivity contribution >= 4 is 17.4 Å². The average molecular weight is 247 g/mol. The van der Waals surface area contributed by atoms with E-state index in [1.165, 1.54) is 0 Å². The fourth-order valence-electron chi connectivity index (χ4n) is 1.66. The van der Waals surface area contributed by atoms with E-state index in [-0.39, 0.29) is 4.90 Å². The highest BCUT2D eigenvalue weighted by atomic mass is 19.3. The van der Waals surface area contributed by atoms with Crippen molar-refractivity contribution < 1.29 is 27.2 Å². The van der Waals surface area contributed by atoms with Crippen molar-refractivity contribution in [1.82, 2.24) is 0 Å². The van der Waals surface area contributed by atoms with Crippen LogP contribution in [-0.4, -0.2) is 24.7 Å². The van der Waals surface area contributed by atoms with Crippen LogP contribution in [0, 0.1) is 11.6 Å². The topological polar surface area (TPSA) is 37.4 Å². The number of carbonyl (C=O) groups excluding carboxylic acids is 2. The predicted octanol–water partition coefficient (Wildman–Crippen LogP) is 1.76. The molecule has 0 aliphatic carbocycles. The van der Waals surface area contributed by atoms with Crippen LogP contribution in [-0.2, 0) is 4.79 Å². The number of amides is 1. The summed E-state index contributed by atoms with van der Waals surface area (Å²) < 4.78 is 51.0. The molecule has 0 N–H and O–H groups in total. The Morgan fingerprint density at radius 3 is 2.29 bits per heavy atom. The van der Waals surface area contributed by atoms with Gasteiger partial charge in [-0.05, 0) is 12.1 Å². The summed E-state index contributed by atoms with van der Waals surface area (Å²) in [5.41, 5.74) is -1.49. The van der Waals surface area contributed by atoms with Crippen LogP contribution in [0.5, 0.6) is 0 Å². The summed E-state index contributed by atoms with van der Waals surface area (Å²) in [6, 6.07) is 1.35. The molecule has 1 aromatic rings. The number of fused-ring (bicyclic) bond motifs is 1. The Hall–Kier alpha value is -1.92. The number of rotatable bonds is 2. The van der Waals surface area contributed by atoms with Crippen LogP contribution in [0.1, 0.15) is 10.4 Å². The van der Waals surface area contributed by atoms with Crippen LogP contribution >= 0.6 is 0 Å². The maximum absolute atomic E-state index is 13.4.